The van der Waals surface area contributed by atoms with Gasteiger partial charge in [0.05, 0.1) is 42.7 Å². The van der Waals surface area contributed by atoms with Crippen molar-refractivity contribution in [3.05, 3.63) is 35.4 Å². The minimum absolute atomic E-state index is 0.258. The molecule has 27 heavy (non-hydrogen) atoms. The molecule has 0 aromatic heterocycles. The van der Waals surface area contributed by atoms with Crippen molar-refractivity contribution in [3.8, 4) is 34.5 Å². The molecule has 8 nitrogen and oxygen atoms in total. The number of methoxy groups -OCH3 is 6. The normalized spacial score (nSPS) is 10.0. The van der Waals surface area contributed by atoms with E-state index < -0.39 is 0 Å². The zero-order chi connectivity index (χ0) is 20.0. The maximum absolute atomic E-state index is 9.70. The standard InChI is InChI=1S/C19H23NO7/c1-22-13-7-11(8-14(23-2)18(13)26-5)17(20-21)12-9-15(24-3)19(27-6)16(10-12)25-4/h7-10,21H,1-6H3. The topological polar surface area (TPSA) is 88.0 Å². The Kier molecular flexibility index (Phi) is 6.59. The fourth-order valence-corrected chi connectivity index (χ4v) is 2.72. The van der Waals surface area contributed by atoms with Crippen LogP contribution in [0.1, 0.15) is 11.1 Å². The molecule has 0 bridgehead atoms. The second kappa shape index (κ2) is 8.88. The summed E-state index contributed by atoms with van der Waals surface area (Å²) < 4.78 is 32.1. The van der Waals surface area contributed by atoms with Crippen LogP contribution in [0.5, 0.6) is 34.5 Å². The van der Waals surface area contributed by atoms with Gasteiger partial charge in [-0.3, -0.25) is 0 Å². The maximum atomic E-state index is 9.70. The lowest BCUT2D eigenvalue weighted by Gasteiger charge is -2.17. The van der Waals surface area contributed by atoms with Gasteiger partial charge in [0.2, 0.25) is 11.5 Å². The third-order valence-corrected chi connectivity index (χ3v) is 3.98. The van der Waals surface area contributed by atoms with Gasteiger partial charge < -0.3 is 33.6 Å². The van der Waals surface area contributed by atoms with Crippen molar-refractivity contribution in [1.29, 1.82) is 0 Å². The first-order chi connectivity index (χ1) is 13.1. The molecule has 0 heterocycles. The van der Waals surface area contributed by atoms with E-state index >= 15 is 0 Å². The molecule has 0 atom stereocenters. The lowest BCUT2D eigenvalue weighted by molar-refractivity contribution is 0.317. The molecule has 0 amide bonds. The summed E-state index contributed by atoms with van der Waals surface area (Å²) in [5.41, 5.74) is 1.34. The van der Waals surface area contributed by atoms with E-state index in [9.17, 15) is 5.21 Å². The van der Waals surface area contributed by atoms with Gasteiger partial charge in [0.1, 0.15) is 5.71 Å². The first-order valence-electron chi connectivity index (χ1n) is 7.91. The molecule has 0 aliphatic carbocycles. The molecule has 0 radical (unpaired) electrons. The van der Waals surface area contributed by atoms with Crippen molar-refractivity contribution in [2.75, 3.05) is 42.7 Å². The Bertz CT molecular complexity index is 717. The molecule has 0 saturated carbocycles. The van der Waals surface area contributed by atoms with Gasteiger partial charge in [-0.1, -0.05) is 5.16 Å². The Morgan fingerprint density at radius 3 is 1.07 bits per heavy atom. The first kappa shape index (κ1) is 20.0. The van der Waals surface area contributed by atoms with E-state index in [-0.39, 0.29) is 5.71 Å². The lowest BCUT2D eigenvalue weighted by atomic mass is 10.0. The molecular weight excluding hydrogens is 354 g/mol. The highest BCUT2D eigenvalue weighted by atomic mass is 16.5. The Morgan fingerprint density at radius 2 is 0.889 bits per heavy atom. The average Bonchev–Trinajstić information content (AvgIpc) is 2.72. The number of oxime groups is 1. The third kappa shape index (κ3) is 3.79. The van der Waals surface area contributed by atoms with E-state index in [0.29, 0.717) is 45.6 Å². The van der Waals surface area contributed by atoms with Crippen LogP contribution in [0.25, 0.3) is 0 Å². The second-order valence-corrected chi connectivity index (χ2v) is 5.28. The molecule has 2 rings (SSSR count). The zero-order valence-corrected chi connectivity index (χ0v) is 16.2. The summed E-state index contributed by atoms with van der Waals surface area (Å²) in [6.07, 6.45) is 0. The van der Waals surface area contributed by atoms with Gasteiger partial charge in [0, 0.05) is 11.1 Å². The smallest absolute Gasteiger partial charge is 0.203 e. The summed E-state index contributed by atoms with van der Waals surface area (Å²) in [7, 11) is 9.07. The van der Waals surface area contributed by atoms with Gasteiger partial charge in [-0.25, -0.2) is 0 Å². The molecule has 8 heteroatoms. The van der Waals surface area contributed by atoms with Crippen molar-refractivity contribution in [2.24, 2.45) is 5.16 Å². The molecule has 0 spiro atoms. The Hall–Kier alpha value is -3.29. The monoisotopic (exact) mass is 377 g/mol. The summed E-state index contributed by atoms with van der Waals surface area (Å²) in [5.74, 6) is 2.60. The predicted octanol–water partition coefficient (Wildman–Crippen LogP) is 2.96. The predicted molar refractivity (Wildman–Crippen MR) is 99.6 cm³/mol. The van der Waals surface area contributed by atoms with Crippen LogP contribution in [0.15, 0.2) is 29.4 Å². The van der Waals surface area contributed by atoms with E-state index in [0.717, 1.165) is 0 Å². The fourth-order valence-electron chi connectivity index (χ4n) is 2.72. The molecule has 0 saturated heterocycles. The van der Waals surface area contributed by atoms with Crippen molar-refractivity contribution in [1.82, 2.24) is 0 Å². The minimum atomic E-state index is 0.258. The molecule has 0 aliphatic heterocycles. The minimum Gasteiger partial charge on any atom is -0.493 e. The number of nitrogens with zero attached hydrogens (tertiary/aromatic N) is 1. The van der Waals surface area contributed by atoms with E-state index in [1.165, 1.54) is 42.7 Å². The van der Waals surface area contributed by atoms with Crippen LogP contribution in [0, 0.1) is 0 Å². The number of hydrogen-bond acceptors (Lipinski definition) is 8. The fraction of sp³-hybridized carbons (Fsp3) is 0.316. The van der Waals surface area contributed by atoms with Gasteiger partial charge >= 0.3 is 0 Å². The number of ether oxygens (including phenoxy) is 6. The molecule has 0 unspecified atom stereocenters. The SMILES string of the molecule is COc1cc(C(=NO)c2cc(OC)c(OC)c(OC)c2)cc(OC)c1OC. The van der Waals surface area contributed by atoms with Crippen molar-refractivity contribution in [2.45, 2.75) is 0 Å². The molecule has 146 valence electrons. The van der Waals surface area contributed by atoms with Crippen molar-refractivity contribution in [3.63, 3.8) is 0 Å². The van der Waals surface area contributed by atoms with Crippen LogP contribution in [-0.2, 0) is 0 Å². The highest BCUT2D eigenvalue weighted by molar-refractivity contribution is 6.13. The largest absolute Gasteiger partial charge is 0.493 e. The lowest BCUT2D eigenvalue weighted by Crippen LogP contribution is -2.07. The molecule has 1 N–H and O–H groups in total. The Morgan fingerprint density at radius 1 is 0.593 bits per heavy atom. The van der Waals surface area contributed by atoms with Crippen LogP contribution < -0.4 is 28.4 Å². The second-order valence-electron chi connectivity index (χ2n) is 5.28. The highest BCUT2D eigenvalue weighted by Gasteiger charge is 2.21. The summed E-state index contributed by atoms with van der Waals surface area (Å²) in [4.78, 5) is 0. The van der Waals surface area contributed by atoms with Crippen LogP contribution in [0.3, 0.4) is 0 Å². The Balaban J connectivity index is 2.68. The van der Waals surface area contributed by atoms with Crippen LogP contribution in [0.2, 0.25) is 0 Å². The van der Waals surface area contributed by atoms with Crippen LogP contribution in [0.4, 0.5) is 0 Å². The van der Waals surface area contributed by atoms with Crippen LogP contribution >= 0.6 is 0 Å². The van der Waals surface area contributed by atoms with Gasteiger partial charge in [-0.15, -0.1) is 0 Å². The summed E-state index contributed by atoms with van der Waals surface area (Å²) >= 11 is 0. The summed E-state index contributed by atoms with van der Waals surface area (Å²) in [5, 5.41) is 13.2. The van der Waals surface area contributed by atoms with Crippen molar-refractivity contribution < 1.29 is 33.6 Å². The molecule has 0 aliphatic rings. The van der Waals surface area contributed by atoms with Gasteiger partial charge in [0.25, 0.3) is 0 Å². The van der Waals surface area contributed by atoms with Gasteiger partial charge in [-0.05, 0) is 24.3 Å². The number of hydrogen-bond donors (Lipinski definition) is 1. The summed E-state index contributed by atoms with van der Waals surface area (Å²) in [6.45, 7) is 0. The number of benzene rings is 2. The Labute approximate surface area is 157 Å². The van der Waals surface area contributed by atoms with E-state index in [1.807, 2.05) is 0 Å². The van der Waals surface area contributed by atoms with Crippen LogP contribution in [-0.4, -0.2) is 53.6 Å². The first-order valence-corrected chi connectivity index (χ1v) is 7.91. The third-order valence-electron chi connectivity index (χ3n) is 3.98. The molecule has 0 fully saturated rings. The molecule has 2 aromatic carbocycles. The van der Waals surface area contributed by atoms with Gasteiger partial charge in [-0.2, -0.15) is 0 Å². The van der Waals surface area contributed by atoms with E-state index in [2.05, 4.69) is 5.16 Å². The quantitative estimate of drug-likeness (QED) is 0.430. The van der Waals surface area contributed by atoms with E-state index in [4.69, 9.17) is 28.4 Å². The van der Waals surface area contributed by atoms with E-state index in [1.54, 1.807) is 24.3 Å². The number of rotatable bonds is 8. The maximum Gasteiger partial charge on any atom is 0.203 e. The highest BCUT2D eigenvalue weighted by Crippen LogP contribution is 2.41. The molecular formula is C19H23NO7. The van der Waals surface area contributed by atoms with Crippen molar-refractivity contribution >= 4 is 5.71 Å². The van der Waals surface area contributed by atoms with Gasteiger partial charge in [0.15, 0.2) is 23.0 Å². The summed E-state index contributed by atoms with van der Waals surface area (Å²) in [6, 6.07) is 6.72. The average molecular weight is 377 g/mol. The molecule has 2 aromatic rings. The zero-order valence-electron chi connectivity index (χ0n) is 16.2.